The van der Waals surface area contributed by atoms with Gasteiger partial charge in [0.05, 0.1) is 11.3 Å². The van der Waals surface area contributed by atoms with Crippen molar-refractivity contribution in [2.24, 2.45) is 5.92 Å². The van der Waals surface area contributed by atoms with Crippen molar-refractivity contribution in [3.8, 4) is 0 Å². The molecule has 1 aromatic rings. The summed E-state index contributed by atoms with van der Waals surface area (Å²) in [4.78, 5) is 25.4. The molecule has 0 bridgehead atoms. The molecule has 0 fully saturated rings. The summed E-state index contributed by atoms with van der Waals surface area (Å²) in [5.41, 5.74) is 0.990. The Labute approximate surface area is 120 Å². The van der Waals surface area contributed by atoms with Crippen molar-refractivity contribution >= 4 is 17.6 Å². The van der Waals surface area contributed by atoms with Crippen molar-refractivity contribution in [1.29, 1.82) is 0 Å². The molecule has 20 heavy (non-hydrogen) atoms. The number of hydrogen-bond acceptors (Lipinski definition) is 2. The van der Waals surface area contributed by atoms with E-state index >= 15 is 0 Å². The van der Waals surface area contributed by atoms with Gasteiger partial charge < -0.3 is 15.5 Å². The van der Waals surface area contributed by atoms with E-state index in [4.69, 9.17) is 0 Å². The third-order valence-corrected chi connectivity index (χ3v) is 3.17. The summed E-state index contributed by atoms with van der Waals surface area (Å²) in [6.07, 6.45) is 0. The predicted octanol–water partition coefficient (Wildman–Crippen LogP) is 2.55. The summed E-state index contributed by atoms with van der Waals surface area (Å²) in [5, 5.41) is 5.58. The highest BCUT2D eigenvalue weighted by molar-refractivity contribution is 6.03. The second-order valence-corrected chi connectivity index (χ2v) is 5.38. The zero-order valence-corrected chi connectivity index (χ0v) is 12.7. The summed E-state index contributed by atoms with van der Waals surface area (Å²) in [6, 6.07) is 6.74. The van der Waals surface area contributed by atoms with Gasteiger partial charge in [-0.3, -0.25) is 4.79 Å². The van der Waals surface area contributed by atoms with Crippen LogP contribution in [0.2, 0.25) is 0 Å². The fourth-order valence-electron chi connectivity index (χ4n) is 1.55. The van der Waals surface area contributed by atoms with E-state index in [2.05, 4.69) is 10.6 Å². The standard InChI is InChI=1S/C15H23N3O2/c1-10(2)11(3)16-15(20)17-13-9-7-6-8-12(13)14(19)18(4)5/h6-11H,1-5H3,(H2,16,17,20)/t11-/m1/s1. The molecule has 0 spiro atoms. The number of carbonyl (C=O) groups excluding carboxylic acids is 2. The van der Waals surface area contributed by atoms with Crippen molar-refractivity contribution in [3.63, 3.8) is 0 Å². The highest BCUT2D eigenvalue weighted by atomic mass is 16.2. The number of rotatable bonds is 4. The van der Waals surface area contributed by atoms with Crippen LogP contribution in [0, 0.1) is 5.92 Å². The van der Waals surface area contributed by atoms with Crippen LogP contribution in [-0.2, 0) is 0 Å². The Morgan fingerprint density at radius 1 is 1.10 bits per heavy atom. The number of anilines is 1. The molecule has 0 heterocycles. The first kappa shape index (κ1) is 16.0. The maximum atomic E-state index is 12.0. The van der Waals surface area contributed by atoms with E-state index in [0.717, 1.165) is 0 Å². The Balaban J connectivity index is 2.83. The zero-order valence-electron chi connectivity index (χ0n) is 12.7. The van der Waals surface area contributed by atoms with Crippen molar-refractivity contribution in [2.45, 2.75) is 26.8 Å². The minimum Gasteiger partial charge on any atom is -0.345 e. The molecule has 0 aromatic heterocycles. The fourth-order valence-corrected chi connectivity index (χ4v) is 1.55. The number of carbonyl (C=O) groups is 2. The van der Waals surface area contributed by atoms with Gasteiger partial charge in [0.2, 0.25) is 0 Å². The molecule has 1 aromatic carbocycles. The number of nitrogens with one attached hydrogen (secondary N) is 2. The molecule has 0 saturated heterocycles. The Morgan fingerprint density at radius 3 is 2.25 bits per heavy atom. The maximum absolute atomic E-state index is 12.0. The van der Waals surface area contributed by atoms with E-state index in [1.807, 2.05) is 20.8 Å². The molecule has 1 atom stereocenters. The van der Waals surface area contributed by atoms with Gasteiger partial charge in [-0.2, -0.15) is 0 Å². The molecular weight excluding hydrogens is 254 g/mol. The van der Waals surface area contributed by atoms with E-state index in [-0.39, 0.29) is 18.0 Å². The van der Waals surface area contributed by atoms with Crippen LogP contribution in [-0.4, -0.2) is 37.0 Å². The molecule has 0 aliphatic rings. The third-order valence-electron chi connectivity index (χ3n) is 3.17. The maximum Gasteiger partial charge on any atom is 0.319 e. The summed E-state index contributed by atoms with van der Waals surface area (Å²) in [5.74, 6) is 0.206. The molecule has 3 amide bonds. The smallest absolute Gasteiger partial charge is 0.319 e. The van der Waals surface area contributed by atoms with E-state index in [1.54, 1.807) is 38.4 Å². The lowest BCUT2D eigenvalue weighted by Gasteiger charge is -2.19. The first-order valence-electron chi connectivity index (χ1n) is 6.71. The lowest BCUT2D eigenvalue weighted by Crippen LogP contribution is -2.39. The third kappa shape index (κ3) is 4.26. The summed E-state index contributed by atoms with van der Waals surface area (Å²) < 4.78 is 0. The molecule has 5 heteroatoms. The van der Waals surface area contributed by atoms with E-state index < -0.39 is 0 Å². The lowest BCUT2D eigenvalue weighted by atomic mass is 10.1. The largest absolute Gasteiger partial charge is 0.345 e. The second-order valence-electron chi connectivity index (χ2n) is 5.38. The number of hydrogen-bond donors (Lipinski definition) is 2. The van der Waals surface area contributed by atoms with Gasteiger partial charge >= 0.3 is 6.03 Å². The first-order valence-corrected chi connectivity index (χ1v) is 6.71. The number of nitrogens with zero attached hydrogens (tertiary/aromatic N) is 1. The lowest BCUT2D eigenvalue weighted by molar-refractivity contribution is 0.0828. The number of amides is 3. The normalized spacial score (nSPS) is 11.9. The molecule has 0 aliphatic heterocycles. The number of para-hydroxylation sites is 1. The average Bonchev–Trinajstić information content (AvgIpc) is 2.38. The monoisotopic (exact) mass is 277 g/mol. The molecule has 1 rings (SSSR count). The molecular formula is C15H23N3O2. The van der Waals surface area contributed by atoms with Crippen LogP contribution in [0.4, 0.5) is 10.5 Å². The van der Waals surface area contributed by atoms with Crippen molar-refractivity contribution in [3.05, 3.63) is 29.8 Å². The minimum atomic E-state index is -0.301. The molecule has 5 nitrogen and oxygen atoms in total. The molecule has 0 unspecified atom stereocenters. The van der Waals surface area contributed by atoms with Crippen LogP contribution in [0.25, 0.3) is 0 Å². The van der Waals surface area contributed by atoms with E-state index in [1.165, 1.54) is 4.90 Å². The zero-order chi connectivity index (χ0) is 15.3. The molecule has 0 radical (unpaired) electrons. The van der Waals surface area contributed by atoms with Crippen LogP contribution in [0.1, 0.15) is 31.1 Å². The van der Waals surface area contributed by atoms with Gasteiger partial charge in [0.15, 0.2) is 0 Å². The second kappa shape index (κ2) is 6.93. The fraction of sp³-hybridized carbons (Fsp3) is 0.467. The molecule has 2 N–H and O–H groups in total. The van der Waals surface area contributed by atoms with E-state index in [0.29, 0.717) is 17.2 Å². The number of urea groups is 1. The van der Waals surface area contributed by atoms with Crippen LogP contribution in [0.15, 0.2) is 24.3 Å². The highest BCUT2D eigenvalue weighted by Crippen LogP contribution is 2.16. The average molecular weight is 277 g/mol. The van der Waals surface area contributed by atoms with E-state index in [9.17, 15) is 9.59 Å². The summed E-state index contributed by atoms with van der Waals surface area (Å²) in [6.45, 7) is 6.02. The van der Waals surface area contributed by atoms with Crippen LogP contribution < -0.4 is 10.6 Å². The Hall–Kier alpha value is -2.04. The molecule has 0 saturated carbocycles. The van der Waals surface area contributed by atoms with Crippen molar-refractivity contribution in [1.82, 2.24) is 10.2 Å². The molecule has 0 aliphatic carbocycles. The molecule has 110 valence electrons. The van der Waals surface area contributed by atoms with Gasteiger partial charge in [-0.05, 0) is 25.0 Å². The predicted molar refractivity (Wildman–Crippen MR) is 80.9 cm³/mol. The van der Waals surface area contributed by atoms with Gasteiger partial charge in [-0.1, -0.05) is 26.0 Å². The van der Waals surface area contributed by atoms with Gasteiger partial charge in [0.1, 0.15) is 0 Å². The Bertz CT molecular complexity index is 484. The topological polar surface area (TPSA) is 61.4 Å². The van der Waals surface area contributed by atoms with Gasteiger partial charge in [-0.15, -0.1) is 0 Å². The van der Waals surface area contributed by atoms with Crippen molar-refractivity contribution < 1.29 is 9.59 Å². The quantitative estimate of drug-likeness (QED) is 0.888. The summed E-state index contributed by atoms with van der Waals surface area (Å²) in [7, 11) is 3.36. The first-order chi connectivity index (χ1) is 9.32. The Morgan fingerprint density at radius 2 is 1.70 bits per heavy atom. The van der Waals surface area contributed by atoms with Gasteiger partial charge in [0, 0.05) is 20.1 Å². The minimum absolute atomic E-state index is 0.0618. The van der Waals surface area contributed by atoms with Crippen molar-refractivity contribution in [2.75, 3.05) is 19.4 Å². The van der Waals surface area contributed by atoms with Crippen LogP contribution in [0.3, 0.4) is 0 Å². The SMILES string of the molecule is CC(C)[C@@H](C)NC(=O)Nc1ccccc1C(=O)N(C)C. The number of benzene rings is 1. The Kier molecular flexibility index (Phi) is 5.55. The summed E-state index contributed by atoms with van der Waals surface area (Å²) >= 11 is 0. The van der Waals surface area contributed by atoms with Crippen LogP contribution >= 0.6 is 0 Å². The van der Waals surface area contributed by atoms with Gasteiger partial charge in [0.25, 0.3) is 5.91 Å². The van der Waals surface area contributed by atoms with Gasteiger partial charge in [-0.25, -0.2) is 4.79 Å². The highest BCUT2D eigenvalue weighted by Gasteiger charge is 2.16. The van der Waals surface area contributed by atoms with Crippen LogP contribution in [0.5, 0.6) is 0 Å².